The van der Waals surface area contributed by atoms with Gasteiger partial charge in [0, 0.05) is 12.8 Å². The normalized spacial score (nSPS) is 10.5. The second kappa shape index (κ2) is 15.4. The molecule has 0 heterocycles. The average Bonchev–Trinajstić information content (AvgIpc) is 2.66. The van der Waals surface area contributed by atoms with Crippen LogP contribution in [0.25, 0.3) is 0 Å². The van der Waals surface area contributed by atoms with Crippen LogP contribution in [0, 0.1) is 0 Å². The quantitative estimate of drug-likeness (QED) is 0.316. The van der Waals surface area contributed by atoms with Crippen LogP contribution in [0.4, 0.5) is 0 Å². The van der Waals surface area contributed by atoms with Gasteiger partial charge in [-0.05, 0) is 37.7 Å². The van der Waals surface area contributed by atoms with E-state index in [1.54, 1.807) is 0 Å². The van der Waals surface area contributed by atoms with Crippen molar-refractivity contribution < 1.29 is 19.1 Å². The van der Waals surface area contributed by atoms with Crippen molar-refractivity contribution in [1.29, 1.82) is 0 Å². The van der Waals surface area contributed by atoms with E-state index in [1.807, 2.05) is 25.1 Å². The third-order valence-corrected chi connectivity index (χ3v) is 4.19. The van der Waals surface area contributed by atoms with E-state index in [9.17, 15) is 9.59 Å². The van der Waals surface area contributed by atoms with Crippen LogP contribution in [-0.2, 0) is 25.5 Å². The molecule has 0 aliphatic rings. The molecule has 0 saturated carbocycles. The molecule has 0 radical (unpaired) electrons. The van der Waals surface area contributed by atoms with Crippen molar-refractivity contribution in [2.75, 3.05) is 13.2 Å². The number of hydrogen-bond acceptors (Lipinski definition) is 4. The second-order valence-corrected chi connectivity index (χ2v) is 6.65. The Kier molecular flexibility index (Phi) is 13.2. The summed E-state index contributed by atoms with van der Waals surface area (Å²) in [5.41, 5.74) is 1.28. The first-order valence-electron chi connectivity index (χ1n) is 10.1. The Hall–Kier alpha value is -1.84. The molecule has 1 aromatic carbocycles. The number of hydrogen-bond donors (Lipinski definition) is 0. The maximum atomic E-state index is 11.7. The van der Waals surface area contributed by atoms with Gasteiger partial charge < -0.3 is 9.47 Å². The van der Waals surface area contributed by atoms with E-state index in [4.69, 9.17) is 9.47 Å². The Morgan fingerprint density at radius 2 is 1.27 bits per heavy atom. The zero-order valence-electron chi connectivity index (χ0n) is 16.2. The van der Waals surface area contributed by atoms with Crippen LogP contribution in [0.1, 0.15) is 76.7 Å². The first kappa shape index (κ1) is 22.2. The van der Waals surface area contributed by atoms with Crippen molar-refractivity contribution in [3.05, 3.63) is 35.9 Å². The van der Waals surface area contributed by atoms with Gasteiger partial charge in [-0.1, -0.05) is 62.9 Å². The Bertz CT molecular complexity index is 484. The minimum absolute atomic E-state index is 0.0816. The highest BCUT2D eigenvalue weighted by Crippen LogP contribution is 2.10. The fraction of sp³-hybridized carbons (Fsp3) is 0.636. The van der Waals surface area contributed by atoms with Gasteiger partial charge in [-0.3, -0.25) is 9.59 Å². The first-order chi connectivity index (χ1) is 12.7. The summed E-state index contributed by atoms with van der Waals surface area (Å²) in [6, 6.07) is 10.2. The van der Waals surface area contributed by atoms with Gasteiger partial charge in [-0.25, -0.2) is 0 Å². The number of ether oxygens (including phenoxy) is 2. The Balaban J connectivity index is 1.85. The van der Waals surface area contributed by atoms with E-state index >= 15 is 0 Å². The van der Waals surface area contributed by atoms with Crippen LogP contribution >= 0.6 is 0 Å². The van der Waals surface area contributed by atoms with Crippen molar-refractivity contribution in [2.45, 2.75) is 77.6 Å². The predicted octanol–water partition coefficient (Wildman–Crippen LogP) is 5.24. The molecule has 1 rings (SSSR count). The number of benzene rings is 1. The number of carbonyl (C=O) groups excluding carboxylic acids is 2. The summed E-state index contributed by atoms with van der Waals surface area (Å²) >= 11 is 0. The number of esters is 2. The van der Waals surface area contributed by atoms with Crippen LogP contribution in [-0.4, -0.2) is 25.2 Å². The van der Waals surface area contributed by atoms with Crippen LogP contribution in [0.5, 0.6) is 0 Å². The minimum atomic E-state index is -0.0864. The molecule has 0 atom stereocenters. The predicted molar refractivity (Wildman–Crippen MR) is 104 cm³/mol. The molecule has 4 nitrogen and oxygen atoms in total. The van der Waals surface area contributed by atoms with E-state index in [0.29, 0.717) is 26.1 Å². The Morgan fingerprint density at radius 1 is 0.731 bits per heavy atom. The lowest BCUT2D eigenvalue weighted by atomic mass is 10.1. The maximum Gasteiger partial charge on any atom is 0.305 e. The number of rotatable bonds is 15. The average molecular weight is 363 g/mol. The van der Waals surface area contributed by atoms with Crippen molar-refractivity contribution in [2.24, 2.45) is 0 Å². The van der Waals surface area contributed by atoms with E-state index < -0.39 is 0 Å². The highest BCUT2D eigenvalue weighted by molar-refractivity contribution is 5.69. The molecular formula is C22H34O4. The van der Waals surface area contributed by atoms with E-state index in [2.05, 4.69) is 12.1 Å². The summed E-state index contributed by atoms with van der Waals surface area (Å²) in [5.74, 6) is -0.168. The Labute approximate surface area is 158 Å². The molecule has 0 bridgehead atoms. The summed E-state index contributed by atoms with van der Waals surface area (Å²) < 4.78 is 10.3. The van der Waals surface area contributed by atoms with Gasteiger partial charge in [0.25, 0.3) is 0 Å². The standard InChI is InChI=1S/C22H34O4/c1-2-18-25-21(23)16-10-5-3-4-6-11-17-22(24)26-19-12-15-20-13-8-7-9-14-20/h7-9,13-14H,2-6,10-12,15-19H2,1H3. The topological polar surface area (TPSA) is 52.6 Å². The summed E-state index contributed by atoms with van der Waals surface area (Å²) in [6.07, 6.45) is 9.80. The monoisotopic (exact) mass is 362 g/mol. The van der Waals surface area contributed by atoms with E-state index in [-0.39, 0.29) is 11.9 Å². The molecule has 146 valence electrons. The van der Waals surface area contributed by atoms with Gasteiger partial charge in [0.2, 0.25) is 0 Å². The van der Waals surface area contributed by atoms with Crippen molar-refractivity contribution >= 4 is 11.9 Å². The van der Waals surface area contributed by atoms with Crippen molar-refractivity contribution in [3.63, 3.8) is 0 Å². The van der Waals surface area contributed by atoms with Crippen LogP contribution in [0.3, 0.4) is 0 Å². The van der Waals surface area contributed by atoms with Crippen LogP contribution in [0.2, 0.25) is 0 Å². The molecule has 0 aliphatic heterocycles. The second-order valence-electron chi connectivity index (χ2n) is 6.65. The molecule has 0 aliphatic carbocycles. The minimum Gasteiger partial charge on any atom is -0.466 e. The fourth-order valence-electron chi connectivity index (χ4n) is 2.71. The molecule has 0 spiro atoms. The summed E-state index contributed by atoms with van der Waals surface area (Å²) in [7, 11) is 0. The van der Waals surface area contributed by atoms with Gasteiger partial charge in [0.1, 0.15) is 0 Å². The van der Waals surface area contributed by atoms with Gasteiger partial charge >= 0.3 is 11.9 Å². The van der Waals surface area contributed by atoms with E-state index in [1.165, 1.54) is 5.56 Å². The number of carbonyl (C=O) groups is 2. The molecule has 1 aromatic rings. The molecule has 0 N–H and O–H groups in total. The van der Waals surface area contributed by atoms with Gasteiger partial charge in [-0.2, -0.15) is 0 Å². The van der Waals surface area contributed by atoms with Crippen LogP contribution < -0.4 is 0 Å². The Morgan fingerprint density at radius 3 is 1.85 bits per heavy atom. The highest BCUT2D eigenvalue weighted by atomic mass is 16.5. The summed E-state index contributed by atoms with van der Waals surface area (Å²) in [6.45, 7) is 3.02. The molecule has 4 heteroatoms. The first-order valence-corrected chi connectivity index (χ1v) is 10.1. The molecule has 0 aromatic heterocycles. The van der Waals surface area contributed by atoms with Crippen molar-refractivity contribution in [3.8, 4) is 0 Å². The number of aryl methyl sites for hydroxylation is 1. The zero-order chi connectivity index (χ0) is 18.9. The smallest absolute Gasteiger partial charge is 0.305 e. The molecule has 26 heavy (non-hydrogen) atoms. The third kappa shape index (κ3) is 12.5. The summed E-state index contributed by atoms with van der Waals surface area (Å²) in [4.78, 5) is 23.0. The zero-order valence-corrected chi connectivity index (χ0v) is 16.2. The molecular weight excluding hydrogens is 328 g/mol. The van der Waals surface area contributed by atoms with Gasteiger partial charge in [0.15, 0.2) is 0 Å². The largest absolute Gasteiger partial charge is 0.466 e. The maximum absolute atomic E-state index is 11.7. The number of unbranched alkanes of at least 4 members (excludes halogenated alkanes) is 5. The van der Waals surface area contributed by atoms with Crippen molar-refractivity contribution in [1.82, 2.24) is 0 Å². The molecule has 0 saturated heterocycles. The fourth-order valence-corrected chi connectivity index (χ4v) is 2.71. The SMILES string of the molecule is CCCOC(=O)CCCCCCCCC(=O)OCCCc1ccccc1. The van der Waals surface area contributed by atoms with Crippen LogP contribution in [0.15, 0.2) is 30.3 Å². The molecule has 0 unspecified atom stereocenters. The lowest BCUT2D eigenvalue weighted by molar-refractivity contribution is -0.144. The van der Waals surface area contributed by atoms with Gasteiger partial charge in [-0.15, -0.1) is 0 Å². The third-order valence-electron chi connectivity index (χ3n) is 4.19. The van der Waals surface area contributed by atoms with E-state index in [0.717, 1.165) is 57.8 Å². The lowest BCUT2D eigenvalue weighted by Gasteiger charge is -2.05. The van der Waals surface area contributed by atoms with Gasteiger partial charge in [0.05, 0.1) is 13.2 Å². The summed E-state index contributed by atoms with van der Waals surface area (Å²) in [5, 5.41) is 0. The molecule has 0 fully saturated rings. The molecule has 0 amide bonds. The lowest BCUT2D eigenvalue weighted by Crippen LogP contribution is -2.06. The highest BCUT2D eigenvalue weighted by Gasteiger charge is 2.04.